The minimum absolute atomic E-state index is 0.110. The zero-order valence-corrected chi connectivity index (χ0v) is 14.0. The number of nitrogens with one attached hydrogen (secondary N) is 2. The van der Waals surface area contributed by atoms with Crippen LogP contribution in [-0.4, -0.2) is 50.6 Å². The van der Waals surface area contributed by atoms with Crippen LogP contribution in [-0.2, 0) is 16.1 Å². The molecule has 1 aromatic rings. The van der Waals surface area contributed by atoms with Gasteiger partial charge in [-0.15, -0.1) is 9.24 Å². The van der Waals surface area contributed by atoms with E-state index in [4.69, 9.17) is 9.47 Å². The number of alkyl carbamates (subject to hydrolysis) is 1. The molecule has 7 nitrogen and oxygen atoms in total. The van der Waals surface area contributed by atoms with Crippen LogP contribution in [0, 0.1) is 0 Å². The molecule has 2 amide bonds. The number of carbonyl (C=O) groups excluding carboxylic acids is 2. The van der Waals surface area contributed by atoms with Crippen LogP contribution in [0.3, 0.4) is 0 Å². The maximum atomic E-state index is 11.8. The van der Waals surface area contributed by atoms with Crippen LogP contribution in [0.4, 0.5) is 15.3 Å². The number of ether oxygens (including phenoxy) is 2. The second-order valence-electron chi connectivity index (χ2n) is 4.44. The van der Waals surface area contributed by atoms with Crippen molar-refractivity contribution in [2.45, 2.75) is 6.61 Å². The fourth-order valence-corrected chi connectivity index (χ4v) is 1.69. The van der Waals surface area contributed by atoms with Crippen molar-refractivity contribution in [3.8, 4) is 0 Å². The van der Waals surface area contributed by atoms with Gasteiger partial charge in [0.15, 0.2) is 0 Å². The van der Waals surface area contributed by atoms with E-state index >= 15 is 0 Å². The summed E-state index contributed by atoms with van der Waals surface area (Å²) in [5.74, 6) is 0. The van der Waals surface area contributed by atoms with Gasteiger partial charge in [-0.05, 0) is 17.7 Å². The summed E-state index contributed by atoms with van der Waals surface area (Å²) in [6, 6.07) is 7.58. The first kappa shape index (κ1) is 18.0. The Balaban J connectivity index is 2.27. The molecule has 8 heteroatoms. The number of anilines is 1. The monoisotopic (exact) mass is 327 g/mol. The molecule has 1 unspecified atom stereocenters. The van der Waals surface area contributed by atoms with Crippen molar-refractivity contribution in [2.24, 2.45) is 0 Å². The first-order valence-electron chi connectivity index (χ1n) is 6.82. The zero-order valence-electron chi connectivity index (χ0n) is 12.8. The smallest absolute Gasteiger partial charge is 0.409 e. The Labute approximate surface area is 132 Å². The molecular weight excluding hydrogens is 305 g/mol. The number of carbonyl (C=O) groups is 2. The third-order valence-corrected chi connectivity index (χ3v) is 3.03. The molecule has 0 aliphatic heterocycles. The van der Waals surface area contributed by atoms with Crippen LogP contribution >= 0.6 is 9.24 Å². The molecular formula is C14H22N3O4P. The predicted molar refractivity (Wildman–Crippen MR) is 87.9 cm³/mol. The van der Waals surface area contributed by atoms with E-state index in [1.807, 2.05) is 31.3 Å². The molecule has 2 N–H and O–H groups in total. The number of hydrogen-bond donors (Lipinski definition) is 2. The Bertz CT molecular complexity index is 481. The van der Waals surface area contributed by atoms with Crippen molar-refractivity contribution in [3.63, 3.8) is 0 Å². The Kier molecular flexibility index (Phi) is 8.07. The van der Waals surface area contributed by atoms with E-state index < -0.39 is 12.2 Å². The molecule has 1 rings (SSSR count). The summed E-state index contributed by atoms with van der Waals surface area (Å²) in [7, 11) is 5.78. The Morgan fingerprint density at radius 2 is 1.91 bits per heavy atom. The van der Waals surface area contributed by atoms with Crippen molar-refractivity contribution in [1.29, 1.82) is 0 Å². The largest absolute Gasteiger partial charge is 0.448 e. The van der Waals surface area contributed by atoms with Crippen molar-refractivity contribution < 1.29 is 19.1 Å². The third kappa shape index (κ3) is 6.63. The first-order chi connectivity index (χ1) is 10.6. The number of benzene rings is 1. The van der Waals surface area contributed by atoms with Gasteiger partial charge in [0.05, 0.1) is 6.54 Å². The molecule has 22 heavy (non-hydrogen) atoms. The van der Waals surface area contributed by atoms with Gasteiger partial charge in [-0.3, -0.25) is 0 Å². The average molecular weight is 327 g/mol. The number of rotatable bonds is 7. The van der Waals surface area contributed by atoms with E-state index in [2.05, 4.69) is 19.9 Å². The first-order valence-corrected chi connectivity index (χ1v) is 7.63. The number of hydrogen-bond acceptors (Lipinski definition) is 5. The quantitative estimate of drug-likeness (QED) is 0.747. The van der Waals surface area contributed by atoms with Gasteiger partial charge < -0.3 is 25.0 Å². The van der Waals surface area contributed by atoms with Crippen LogP contribution < -0.4 is 10.6 Å². The van der Waals surface area contributed by atoms with E-state index in [9.17, 15) is 9.59 Å². The molecule has 0 saturated carbocycles. The Morgan fingerprint density at radius 3 is 2.50 bits per heavy atom. The lowest BCUT2D eigenvalue weighted by Crippen LogP contribution is -2.32. The maximum Gasteiger partial charge on any atom is 0.409 e. The summed E-state index contributed by atoms with van der Waals surface area (Å²) in [5, 5.41) is 5.48. The number of nitrogens with zero attached hydrogens (tertiary/aromatic N) is 1. The minimum atomic E-state index is -0.513. The predicted octanol–water partition coefficient (Wildman–Crippen LogP) is 1.86. The highest BCUT2D eigenvalue weighted by molar-refractivity contribution is 7.16. The molecule has 1 aromatic carbocycles. The van der Waals surface area contributed by atoms with Gasteiger partial charge >= 0.3 is 12.2 Å². The van der Waals surface area contributed by atoms with Crippen LogP contribution in [0.15, 0.2) is 24.3 Å². The molecule has 0 spiro atoms. The summed E-state index contributed by atoms with van der Waals surface area (Å²) < 4.78 is 10.0. The summed E-state index contributed by atoms with van der Waals surface area (Å²) in [6.07, 6.45) is -0.558. The van der Waals surface area contributed by atoms with Crippen LogP contribution in [0.1, 0.15) is 5.56 Å². The average Bonchev–Trinajstić information content (AvgIpc) is 2.53. The molecule has 0 saturated heterocycles. The van der Waals surface area contributed by atoms with Gasteiger partial charge in [-0.2, -0.15) is 0 Å². The van der Waals surface area contributed by atoms with Crippen molar-refractivity contribution >= 4 is 27.1 Å². The minimum Gasteiger partial charge on any atom is -0.448 e. The van der Waals surface area contributed by atoms with Gasteiger partial charge in [0, 0.05) is 26.1 Å². The SMILES string of the molecule is CNc1ccc(COC(=O)N(C)CCOC(=O)NCP)cc1. The summed E-state index contributed by atoms with van der Waals surface area (Å²) in [4.78, 5) is 24.2. The molecule has 0 bridgehead atoms. The molecule has 0 fully saturated rings. The summed E-state index contributed by atoms with van der Waals surface area (Å²) >= 11 is 0. The van der Waals surface area contributed by atoms with E-state index in [1.54, 1.807) is 7.05 Å². The molecule has 0 radical (unpaired) electrons. The van der Waals surface area contributed by atoms with Gasteiger partial charge in [0.25, 0.3) is 0 Å². The van der Waals surface area contributed by atoms with Crippen molar-refractivity contribution in [3.05, 3.63) is 29.8 Å². The fourth-order valence-electron chi connectivity index (χ4n) is 1.52. The van der Waals surface area contributed by atoms with Crippen LogP contribution in [0.25, 0.3) is 0 Å². The maximum absolute atomic E-state index is 11.8. The lowest BCUT2D eigenvalue weighted by Gasteiger charge is -2.17. The van der Waals surface area contributed by atoms with E-state index in [-0.39, 0.29) is 19.8 Å². The van der Waals surface area contributed by atoms with E-state index in [1.165, 1.54) is 4.90 Å². The van der Waals surface area contributed by atoms with Gasteiger partial charge in [-0.1, -0.05) is 12.1 Å². The van der Waals surface area contributed by atoms with Gasteiger partial charge in [0.2, 0.25) is 0 Å². The van der Waals surface area contributed by atoms with Crippen LogP contribution in [0.5, 0.6) is 0 Å². The Morgan fingerprint density at radius 1 is 1.23 bits per heavy atom. The lowest BCUT2D eigenvalue weighted by atomic mass is 10.2. The topological polar surface area (TPSA) is 79.9 Å². The summed E-state index contributed by atoms with van der Waals surface area (Å²) in [6.45, 7) is 0.572. The molecule has 0 aliphatic carbocycles. The highest BCUT2D eigenvalue weighted by Crippen LogP contribution is 2.09. The molecule has 122 valence electrons. The van der Waals surface area contributed by atoms with Gasteiger partial charge in [0.1, 0.15) is 13.2 Å². The summed E-state index contributed by atoms with van der Waals surface area (Å²) in [5.41, 5.74) is 1.89. The van der Waals surface area contributed by atoms with Crippen LogP contribution in [0.2, 0.25) is 0 Å². The second kappa shape index (κ2) is 9.84. The molecule has 0 aromatic heterocycles. The fraction of sp³-hybridized carbons (Fsp3) is 0.429. The highest BCUT2D eigenvalue weighted by Gasteiger charge is 2.11. The highest BCUT2D eigenvalue weighted by atomic mass is 31.0. The van der Waals surface area contributed by atoms with Gasteiger partial charge in [-0.25, -0.2) is 9.59 Å². The standard InChI is InChI=1S/C14H22N3O4P/c1-15-12-5-3-11(4-6-12)9-21-14(19)17(2)7-8-20-13(18)16-10-22/h3-6,15H,7-10,22H2,1-2H3,(H,16,18). The third-order valence-electron chi connectivity index (χ3n) is 2.82. The number of amides is 2. The van der Waals surface area contributed by atoms with E-state index in [0.717, 1.165) is 11.3 Å². The van der Waals surface area contributed by atoms with Crippen molar-refractivity contribution in [2.75, 3.05) is 38.8 Å². The Hall–Kier alpha value is -2.01. The normalized spacial score (nSPS) is 9.77. The van der Waals surface area contributed by atoms with E-state index in [0.29, 0.717) is 6.29 Å². The molecule has 0 aliphatic rings. The van der Waals surface area contributed by atoms with Crippen molar-refractivity contribution in [1.82, 2.24) is 10.2 Å². The molecule has 1 atom stereocenters. The zero-order chi connectivity index (χ0) is 16.4. The number of likely N-dealkylation sites (N-methyl/N-ethyl adjacent to an activating group) is 1. The molecule has 0 heterocycles. The second-order valence-corrected chi connectivity index (χ2v) is 4.85. The lowest BCUT2D eigenvalue weighted by molar-refractivity contribution is 0.0913.